The number of halogens is 1. The highest BCUT2D eigenvalue weighted by Gasteiger charge is 2.25. The number of carbonyl (C=O) groups is 1. The molecule has 0 saturated carbocycles. The number of aryl methyl sites for hydroxylation is 1. The van der Waals surface area contributed by atoms with Gasteiger partial charge in [0.15, 0.2) is 5.16 Å². The number of aromatic nitrogens is 3. The number of amides is 1. The van der Waals surface area contributed by atoms with Gasteiger partial charge in [0.2, 0.25) is 5.91 Å². The molecule has 1 aromatic heterocycles. The van der Waals surface area contributed by atoms with Crippen molar-refractivity contribution in [3.05, 3.63) is 112 Å². The number of thioether (sulfide) groups is 1. The molecule has 0 aliphatic carbocycles. The fourth-order valence-electron chi connectivity index (χ4n) is 3.22. The lowest BCUT2D eigenvalue weighted by Crippen LogP contribution is -2.22. The second-order valence-corrected chi connectivity index (χ2v) is 8.18. The van der Waals surface area contributed by atoms with Crippen molar-refractivity contribution in [3.63, 3.8) is 0 Å². The van der Waals surface area contributed by atoms with E-state index in [-0.39, 0.29) is 17.4 Å². The van der Waals surface area contributed by atoms with Crippen LogP contribution in [0.3, 0.4) is 0 Å². The Morgan fingerprint density at radius 3 is 2.34 bits per heavy atom. The molecule has 4 aromatic rings. The molecule has 6 nitrogen and oxygen atoms in total. The Balaban J connectivity index is 1.57. The summed E-state index contributed by atoms with van der Waals surface area (Å²) in [4.78, 5) is 25.5. The Morgan fingerprint density at radius 2 is 1.66 bits per heavy atom. The van der Waals surface area contributed by atoms with Crippen LogP contribution in [-0.2, 0) is 17.8 Å². The Labute approximate surface area is 188 Å². The van der Waals surface area contributed by atoms with Crippen molar-refractivity contribution < 1.29 is 9.18 Å². The molecule has 0 radical (unpaired) electrons. The fourth-order valence-corrected chi connectivity index (χ4v) is 4.29. The van der Waals surface area contributed by atoms with Gasteiger partial charge in [-0.05, 0) is 41.8 Å². The minimum absolute atomic E-state index is 0.294. The summed E-state index contributed by atoms with van der Waals surface area (Å²) >= 11 is 1.19. The van der Waals surface area contributed by atoms with E-state index in [0.29, 0.717) is 23.8 Å². The Hall–Kier alpha value is -3.65. The maximum absolute atomic E-state index is 13.2. The van der Waals surface area contributed by atoms with Crippen LogP contribution in [0.5, 0.6) is 0 Å². The summed E-state index contributed by atoms with van der Waals surface area (Å²) in [7, 11) is 0. The number of rotatable bonds is 8. The molecule has 1 heterocycles. The van der Waals surface area contributed by atoms with E-state index in [0.717, 1.165) is 11.1 Å². The van der Waals surface area contributed by atoms with E-state index in [2.05, 4.69) is 15.5 Å². The highest BCUT2D eigenvalue weighted by atomic mass is 32.2. The third kappa shape index (κ3) is 5.33. The second-order valence-electron chi connectivity index (χ2n) is 7.10. The summed E-state index contributed by atoms with van der Waals surface area (Å²) in [6.45, 7) is 0.433. The summed E-state index contributed by atoms with van der Waals surface area (Å²) in [5, 5.41) is 9.23. The summed E-state index contributed by atoms with van der Waals surface area (Å²) in [6.07, 6.45) is 0.658. The molecule has 1 atom stereocenters. The van der Waals surface area contributed by atoms with Gasteiger partial charge in [0.1, 0.15) is 11.1 Å². The number of nitrogens with zero attached hydrogens (tertiary/aromatic N) is 2. The van der Waals surface area contributed by atoms with E-state index >= 15 is 0 Å². The van der Waals surface area contributed by atoms with Crippen LogP contribution in [-0.4, -0.2) is 20.7 Å². The second kappa shape index (κ2) is 10.1. The molecule has 1 amide bonds. The van der Waals surface area contributed by atoms with Crippen molar-refractivity contribution in [1.29, 1.82) is 0 Å². The molecule has 3 aromatic carbocycles. The van der Waals surface area contributed by atoms with Gasteiger partial charge in [0, 0.05) is 12.2 Å². The fraction of sp³-hybridized carbons (Fsp3) is 0.125. The van der Waals surface area contributed by atoms with E-state index in [1.165, 1.54) is 36.0 Å². The van der Waals surface area contributed by atoms with Gasteiger partial charge in [0.25, 0.3) is 0 Å². The van der Waals surface area contributed by atoms with Crippen LogP contribution in [0, 0.1) is 5.82 Å². The van der Waals surface area contributed by atoms with Crippen LogP contribution in [0.4, 0.5) is 10.1 Å². The highest BCUT2D eigenvalue weighted by molar-refractivity contribution is 8.00. The van der Waals surface area contributed by atoms with E-state index < -0.39 is 5.25 Å². The van der Waals surface area contributed by atoms with E-state index in [9.17, 15) is 14.0 Å². The molecule has 32 heavy (non-hydrogen) atoms. The monoisotopic (exact) mass is 448 g/mol. The van der Waals surface area contributed by atoms with E-state index in [4.69, 9.17) is 0 Å². The van der Waals surface area contributed by atoms with E-state index in [1.807, 2.05) is 60.7 Å². The first-order valence-electron chi connectivity index (χ1n) is 10.1. The van der Waals surface area contributed by atoms with Crippen LogP contribution < -0.4 is 11.0 Å². The van der Waals surface area contributed by atoms with Gasteiger partial charge in [0.05, 0.1) is 0 Å². The lowest BCUT2D eigenvalue weighted by Gasteiger charge is -2.17. The molecule has 0 saturated heterocycles. The first-order chi connectivity index (χ1) is 15.6. The van der Waals surface area contributed by atoms with Crippen LogP contribution >= 0.6 is 11.8 Å². The summed E-state index contributed by atoms with van der Waals surface area (Å²) in [5.41, 5.74) is 2.03. The minimum Gasteiger partial charge on any atom is -0.325 e. The zero-order valence-electron chi connectivity index (χ0n) is 17.1. The van der Waals surface area contributed by atoms with Gasteiger partial charge in [-0.2, -0.15) is 0 Å². The number of carbonyl (C=O) groups excluding carboxylic acids is 1. The maximum atomic E-state index is 13.2. The normalized spacial score (nSPS) is 11.8. The van der Waals surface area contributed by atoms with Gasteiger partial charge in [-0.3, -0.25) is 9.36 Å². The van der Waals surface area contributed by atoms with Crippen LogP contribution in [0.2, 0.25) is 0 Å². The first kappa shape index (κ1) is 21.6. The lowest BCUT2D eigenvalue weighted by atomic mass is 10.1. The van der Waals surface area contributed by atoms with Gasteiger partial charge in [-0.15, -0.1) is 5.10 Å². The predicted molar refractivity (Wildman–Crippen MR) is 123 cm³/mol. The molecule has 162 valence electrons. The van der Waals surface area contributed by atoms with Crippen molar-refractivity contribution in [2.75, 3.05) is 5.32 Å². The molecule has 0 spiro atoms. The minimum atomic E-state index is -0.660. The van der Waals surface area contributed by atoms with Crippen molar-refractivity contribution in [1.82, 2.24) is 14.8 Å². The number of hydrogen-bond donors (Lipinski definition) is 2. The zero-order chi connectivity index (χ0) is 22.3. The molecular weight excluding hydrogens is 427 g/mol. The third-order valence-electron chi connectivity index (χ3n) is 4.87. The molecule has 4 rings (SSSR count). The van der Waals surface area contributed by atoms with Crippen molar-refractivity contribution >= 4 is 23.4 Å². The number of anilines is 1. The molecule has 0 aliphatic rings. The number of aromatic amines is 1. The molecule has 0 aliphatic heterocycles. The zero-order valence-corrected chi connectivity index (χ0v) is 17.9. The number of H-pyrrole nitrogens is 1. The van der Waals surface area contributed by atoms with Crippen molar-refractivity contribution in [2.45, 2.75) is 23.4 Å². The average Bonchev–Trinajstić information content (AvgIpc) is 3.17. The van der Waals surface area contributed by atoms with Crippen LogP contribution in [0.15, 0.2) is 94.9 Å². The van der Waals surface area contributed by atoms with Crippen molar-refractivity contribution in [2.24, 2.45) is 0 Å². The number of nitrogens with one attached hydrogen (secondary N) is 2. The number of benzene rings is 3. The van der Waals surface area contributed by atoms with Crippen LogP contribution in [0.1, 0.15) is 16.4 Å². The quantitative estimate of drug-likeness (QED) is 0.391. The SMILES string of the molecule is O=C(Nc1ccc(F)cc1)C(Sc1n[nH]c(=O)n1CCc1ccccc1)c1ccccc1. The Morgan fingerprint density at radius 1 is 1.00 bits per heavy atom. The van der Waals surface area contributed by atoms with Gasteiger partial charge < -0.3 is 5.32 Å². The van der Waals surface area contributed by atoms with Gasteiger partial charge >= 0.3 is 5.69 Å². The van der Waals surface area contributed by atoms with E-state index in [1.54, 1.807) is 4.57 Å². The van der Waals surface area contributed by atoms with Crippen molar-refractivity contribution in [3.8, 4) is 0 Å². The largest absolute Gasteiger partial charge is 0.343 e. The molecule has 0 fully saturated rings. The van der Waals surface area contributed by atoms with Gasteiger partial charge in [-0.1, -0.05) is 72.4 Å². The van der Waals surface area contributed by atoms with Crippen LogP contribution in [0.25, 0.3) is 0 Å². The molecular formula is C24H21FN4O2S. The summed E-state index contributed by atoms with van der Waals surface area (Å²) in [6, 6.07) is 24.7. The Kier molecular flexibility index (Phi) is 6.81. The molecule has 2 N–H and O–H groups in total. The smallest absolute Gasteiger partial charge is 0.325 e. The topological polar surface area (TPSA) is 79.8 Å². The third-order valence-corrected chi connectivity index (χ3v) is 6.11. The average molecular weight is 449 g/mol. The summed E-state index contributed by atoms with van der Waals surface area (Å²) < 4.78 is 14.8. The lowest BCUT2D eigenvalue weighted by molar-refractivity contribution is -0.115. The summed E-state index contributed by atoms with van der Waals surface area (Å²) in [5.74, 6) is -0.672. The molecule has 0 bridgehead atoms. The molecule has 1 unspecified atom stereocenters. The Bertz CT molecular complexity index is 1220. The predicted octanol–water partition coefficient (Wildman–Crippen LogP) is 4.43. The maximum Gasteiger partial charge on any atom is 0.343 e. The number of hydrogen-bond acceptors (Lipinski definition) is 4. The molecule has 8 heteroatoms. The standard InChI is InChI=1S/C24H21FN4O2S/c25-19-11-13-20(14-12-19)26-22(30)21(18-9-5-2-6-10-18)32-24-28-27-23(31)29(24)16-15-17-7-3-1-4-8-17/h1-14,21H,15-16H2,(H,26,30)(H,27,31). The first-order valence-corrected chi connectivity index (χ1v) is 11.0. The van der Waals surface area contributed by atoms with Gasteiger partial charge in [-0.25, -0.2) is 14.3 Å². The highest BCUT2D eigenvalue weighted by Crippen LogP contribution is 2.35.